The highest BCUT2D eigenvalue weighted by molar-refractivity contribution is 5.43. The number of ether oxygens (including phenoxy) is 1. The van der Waals surface area contributed by atoms with E-state index < -0.39 is 0 Å². The summed E-state index contributed by atoms with van der Waals surface area (Å²) in [6.45, 7) is 1.47. The second-order valence-corrected chi connectivity index (χ2v) is 3.53. The average Bonchev–Trinajstić information content (AvgIpc) is 2.30. The van der Waals surface area contributed by atoms with Crippen molar-refractivity contribution in [2.45, 2.75) is 6.54 Å². The molecule has 2 rings (SSSR count). The summed E-state index contributed by atoms with van der Waals surface area (Å²) in [6.07, 6.45) is 4.03. The Morgan fingerprint density at radius 3 is 2.62 bits per heavy atom. The first-order chi connectivity index (χ1) is 7.84. The lowest BCUT2D eigenvalue weighted by Crippen LogP contribution is -2.35. The fraction of sp³-hybridized carbons (Fsp3) is 0.154. The fourth-order valence-corrected chi connectivity index (χ4v) is 1.46. The van der Waals surface area contributed by atoms with Gasteiger partial charge in [0.05, 0.1) is 0 Å². The smallest absolute Gasteiger partial charge is 0.182 e. The molecule has 1 aromatic heterocycles. The van der Waals surface area contributed by atoms with Crippen LogP contribution in [0.5, 0.6) is 5.75 Å². The molecule has 16 heavy (non-hydrogen) atoms. The molecule has 1 aromatic carbocycles. The SMILES string of the molecule is Nc1cccc(OCC[n+]2ccccc2)c1. The number of aromatic nitrogens is 1. The standard InChI is InChI=1S/C13H15N2O/c14-12-5-4-6-13(11-12)16-10-9-15-7-2-1-3-8-15/h1-8,11H,9-10,14H2/q+1. The van der Waals surface area contributed by atoms with Gasteiger partial charge in [-0.1, -0.05) is 12.1 Å². The molecule has 0 saturated carbocycles. The van der Waals surface area contributed by atoms with E-state index in [4.69, 9.17) is 10.5 Å². The van der Waals surface area contributed by atoms with Crippen molar-refractivity contribution in [3.63, 3.8) is 0 Å². The number of anilines is 1. The van der Waals surface area contributed by atoms with Crippen molar-refractivity contribution in [2.24, 2.45) is 0 Å². The molecule has 0 bridgehead atoms. The largest absolute Gasteiger partial charge is 0.487 e. The van der Waals surface area contributed by atoms with Crippen LogP contribution in [-0.4, -0.2) is 6.61 Å². The van der Waals surface area contributed by atoms with Crippen molar-refractivity contribution in [2.75, 3.05) is 12.3 Å². The van der Waals surface area contributed by atoms with Gasteiger partial charge in [0.25, 0.3) is 0 Å². The monoisotopic (exact) mass is 215 g/mol. The van der Waals surface area contributed by atoms with E-state index in [2.05, 4.69) is 4.57 Å². The van der Waals surface area contributed by atoms with Crippen LogP contribution in [0.2, 0.25) is 0 Å². The zero-order valence-corrected chi connectivity index (χ0v) is 9.04. The van der Waals surface area contributed by atoms with Crippen LogP contribution in [0.1, 0.15) is 0 Å². The molecule has 0 radical (unpaired) electrons. The summed E-state index contributed by atoms with van der Waals surface area (Å²) in [5, 5.41) is 0. The Labute approximate surface area is 95.1 Å². The van der Waals surface area contributed by atoms with E-state index in [0.717, 1.165) is 18.0 Å². The molecule has 2 aromatic rings. The minimum atomic E-state index is 0.637. The van der Waals surface area contributed by atoms with Gasteiger partial charge in [0, 0.05) is 23.9 Å². The predicted octanol–water partition coefficient (Wildman–Crippen LogP) is 1.64. The third-order valence-corrected chi connectivity index (χ3v) is 2.25. The molecule has 2 N–H and O–H groups in total. The van der Waals surface area contributed by atoms with Gasteiger partial charge in [-0.25, -0.2) is 4.57 Å². The van der Waals surface area contributed by atoms with Crippen molar-refractivity contribution in [3.05, 3.63) is 54.9 Å². The molecule has 82 valence electrons. The lowest BCUT2D eigenvalue weighted by Gasteiger charge is -2.04. The van der Waals surface area contributed by atoms with Crippen LogP contribution in [0, 0.1) is 0 Å². The molecule has 0 saturated heterocycles. The summed E-state index contributed by atoms with van der Waals surface area (Å²) >= 11 is 0. The summed E-state index contributed by atoms with van der Waals surface area (Å²) in [6, 6.07) is 13.5. The van der Waals surface area contributed by atoms with Gasteiger partial charge in [0.1, 0.15) is 12.4 Å². The quantitative estimate of drug-likeness (QED) is 0.622. The van der Waals surface area contributed by atoms with Crippen molar-refractivity contribution < 1.29 is 9.30 Å². The molecule has 3 heteroatoms. The summed E-state index contributed by atoms with van der Waals surface area (Å²) < 4.78 is 7.67. The highest BCUT2D eigenvalue weighted by Crippen LogP contribution is 2.13. The molecule has 3 nitrogen and oxygen atoms in total. The van der Waals surface area contributed by atoms with E-state index in [1.807, 2.05) is 54.9 Å². The molecular weight excluding hydrogens is 200 g/mol. The van der Waals surface area contributed by atoms with Crippen molar-refractivity contribution in [1.82, 2.24) is 0 Å². The van der Waals surface area contributed by atoms with E-state index in [1.165, 1.54) is 0 Å². The van der Waals surface area contributed by atoms with Gasteiger partial charge >= 0.3 is 0 Å². The van der Waals surface area contributed by atoms with Crippen molar-refractivity contribution >= 4 is 5.69 Å². The van der Waals surface area contributed by atoms with E-state index in [-0.39, 0.29) is 0 Å². The average molecular weight is 215 g/mol. The van der Waals surface area contributed by atoms with Gasteiger partial charge in [0.15, 0.2) is 18.9 Å². The Morgan fingerprint density at radius 2 is 1.88 bits per heavy atom. The van der Waals surface area contributed by atoms with Crippen LogP contribution in [0.3, 0.4) is 0 Å². The molecule has 0 aliphatic carbocycles. The zero-order chi connectivity index (χ0) is 11.2. The van der Waals surface area contributed by atoms with Crippen molar-refractivity contribution in [3.8, 4) is 5.75 Å². The van der Waals surface area contributed by atoms with Gasteiger partial charge in [-0.3, -0.25) is 0 Å². The maximum Gasteiger partial charge on any atom is 0.182 e. The molecule has 0 amide bonds. The van der Waals surface area contributed by atoms with Gasteiger partial charge in [-0.2, -0.15) is 0 Å². The number of nitrogen functional groups attached to an aromatic ring is 1. The number of hydrogen-bond donors (Lipinski definition) is 1. The fourth-order valence-electron chi connectivity index (χ4n) is 1.46. The van der Waals surface area contributed by atoms with Crippen molar-refractivity contribution in [1.29, 1.82) is 0 Å². The van der Waals surface area contributed by atoms with E-state index in [0.29, 0.717) is 6.61 Å². The molecule has 0 aliphatic rings. The highest BCUT2D eigenvalue weighted by Gasteiger charge is 1.99. The first-order valence-corrected chi connectivity index (χ1v) is 5.27. The van der Waals surface area contributed by atoms with Crippen LogP contribution in [0.4, 0.5) is 5.69 Å². The Bertz CT molecular complexity index is 443. The molecule has 0 aliphatic heterocycles. The minimum absolute atomic E-state index is 0.637. The number of nitrogens with zero attached hydrogens (tertiary/aromatic N) is 1. The lowest BCUT2D eigenvalue weighted by molar-refractivity contribution is -0.697. The molecular formula is C13H15N2O+. The molecule has 0 atom stereocenters. The number of benzene rings is 1. The van der Waals surface area contributed by atoms with E-state index >= 15 is 0 Å². The summed E-state index contributed by atoms with van der Waals surface area (Å²) in [5.74, 6) is 0.816. The van der Waals surface area contributed by atoms with Gasteiger partial charge < -0.3 is 10.5 Å². The summed E-state index contributed by atoms with van der Waals surface area (Å²) in [5.41, 5.74) is 6.38. The Balaban J connectivity index is 1.85. The predicted molar refractivity (Wildman–Crippen MR) is 63.0 cm³/mol. The second kappa shape index (κ2) is 5.16. The molecule has 1 heterocycles. The highest BCUT2D eigenvalue weighted by atomic mass is 16.5. The molecule has 0 fully saturated rings. The van der Waals surface area contributed by atoms with Gasteiger partial charge in [-0.05, 0) is 12.1 Å². The lowest BCUT2D eigenvalue weighted by atomic mass is 10.3. The van der Waals surface area contributed by atoms with Gasteiger partial charge in [-0.15, -0.1) is 0 Å². The summed E-state index contributed by atoms with van der Waals surface area (Å²) in [7, 11) is 0. The van der Waals surface area contributed by atoms with Crippen LogP contribution in [0.25, 0.3) is 0 Å². The first-order valence-electron chi connectivity index (χ1n) is 5.27. The number of pyridine rings is 1. The van der Waals surface area contributed by atoms with Gasteiger partial charge in [0.2, 0.25) is 0 Å². The zero-order valence-electron chi connectivity index (χ0n) is 9.04. The minimum Gasteiger partial charge on any atom is -0.487 e. The van der Waals surface area contributed by atoms with Crippen LogP contribution in [0.15, 0.2) is 54.9 Å². The number of hydrogen-bond acceptors (Lipinski definition) is 2. The van der Waals surface area contributed by atoms with Crippen LogP contribution < -0.4 is 15.0 Å². The van der Waals surface area contributed by atoms with Crippen LogP contribution in [-0.2, 0) is 6.54 Å². The Morgan fingerprint density at radius 1 is 1.06 bits per heavy atom. The topological polar surface area (TPSA) is 39.1 Å². The number of nitrogens with two attached hydrogens (primary N) is 1. The van der Waals surface area contributed by atoms with E-state index in [9.17, 15) is 0 Å². The third kappa shape index (κ3) is 2.98. The molecule has 0 unspecified atom stereocenters. The first kappa shape index (κ1) is 10.5. The van der Waals surface area contributed by atoms with Crippen LogP contribution >= 0.6 is 0 Å². The Hall–Kier alpha value is -2.03. The maximum atomic E-state index is 5.66. The second-order valence-electron chi connectivity index (χ2n) is 3.53. The Kier molecular flexibility index (Phi) is 3.38. The molecule has 0 spiro atoms. The van der Waals surface area contributed by atoms with E-state index in [1.54, 1.807) is 0 Å². The third-order valence-electron chi connectivity index (χ3n) is 2.25. The summed E-state index contributed by atoms with van der Waals surface area (Å²) in [4.78, 5) is 0. The maximum absolute atomic E-state index is 5.66. The normalized spacial score (nSPS) is 10.0. The number of rotatable bonds is 4.